The van der Waals surface area contributed by atoms with Gasteiger partial charge in [-0.1, -0.05) is 24.8 Å². The molecule has 2 aromatic heterocycles. The summed E-state index contributed by atoms with van der Waals surface area (Å²) in [4.78, 5) is 16.3. The molecule has 1 N–H and O–H groups in total. The second-order valence-electron chi connectivity index (χ2n) is 8.93. The van der Waals surface area contributed by atoms with Crippen LogP contribution < -0.4 is 10.2 Å². The number of allylic oxidation sites excluding steroid dienone is 1. The minimum Gasteiger partial charge on any atom is -0.372 e. The number of fused-ring (bicyclic) bond motifs is 1. The van der Waals surface area contributed by atoms with Crippen LogP contribution in [0.25, 0.3) is 11.4 Å². The summed E-state index contributed by atoms with van der Waals surface area (Å²) in [5, 5.41) is 22.8. The number of thiophene rings is 1. The molecule has 9 heteroatoms. The molecule has 0 bridgehead atoms. The van der Waals surface area contributed by atoms with Crippen LogP contribution in [0, 0.1) is 17.2 Å². The molecule has 36 heavy (non-hydrogen) atoms. The predicted octanol–water partition coefficient (Wildman–Crippen LogP) is 5.77. The summed E-state index contributed by atoms with van der Waals surface area (Å²) in [5.41, 5.74) is 3.89. The van der Waals surface area contributed by atoms with E-state index in [4.69, 9.17) is 0 Å². The lowest BCUT2D eigenvalue weighted by molar-refractivity contribution is -0.113. The maximum absolute atomic E-state index is 12.8. The quantitative estimate of drug-likeness (QED) is 0.270. The van der Waals surface area contributed by atoms with Crippen LogP contribution in [0.4, 0.5) is 10.7 Å². The molecule has 1 aromatic carbocycles. The highest BCUT2D eigenvalue weighted by Crippen LogP contribution is 2.39. The summed E-state index contributed by atoms with van der Waals surface area (Å²) in [5.74, 6) is 1.39. The maximum Gasteiger partial charge on any atom is 0.235 e. The molecule has 0 saturated carbocycles. The molecule has 1 unspecified atom stereocenters. The van der Waals surface area contributed by atoms with Gasteiger partial charge in [-0.05, 0) is 68.9 Å². The first-order valence-electron chi connectivity index (χ1n) is 12.4. The van der Waals surface area contributed by atoms with Gasteiger partial charge >= 0.3 is 0 Å². The molecule has 188 valence electrons. The Balaban J connectivity index is 1.47. The third-order valence-electron chi connectivity index (χ3n) is 6.49. The zero-order chi connectivity index (χ0) is 25.7. The zero-order valence-electron chi connectivity index (χ0n) is 21.1. The van der Waals surface area contributed by atoms with Crippen molar-refractivity contribution in [1.29, 1.82) is 5.26 Å². The Hall–Kier alpha value is -3.09. The number of benzene rings is 1. The van der Waals surface area contributed by atoms with E-state index in [0.717, 1.165) is 49.3 Å². The van der Waals surface area contributed by atoms with Crippen LogP contribution >= 0.6 is 23.1 Å². The highest BCUT2D eigenvalue weighted by Gasteiger charge is 2.25. The normalized spacial score (nSPS) is 14.7. The van der Waals surface area contributed by atoms with Crippen LogP contribution in [-0.2, 0) is 24.2 Å². The van der Waals surface area contributed by atoms with Crippen LogP contribution in [0.1, 0.15) is 43.2 Å². The van der Waals surface area contributed by atoms with Crippen LogP contribution in [0.5, 0.6) is 0 Å². The van der Waals surface area contributed by atoms with Gasteiger partial charge in [-0.15, -0.1) is 28.1 Å². The van der Waals surface area contributed by atoms with Gasteiger partial charge < -0.3 is 10.2 Å². The fraction of sp³-hybridized carbons (Fsp3) is 0.407. The standard InChI is InChI=1S/C27H32N6OS2/c1-5-14-33-25(19-9-11-20(12-10-19)32(6-2)7-3)30-31-27(33)35-17-24(34)29-26-22(16-28)21-13-8-18(4)15-23(21)36-26/h5,9-12,18H,1,6-8,13-15,17H2,2-4H3,(H,29,34). The lowest BCUT2D eigenvalue weighted by atomic mass is 9.89. The summed E-state index contributed by atoms with van der Waals surface area (Å²) in [6, 6.07) is 10.6. The first-order chi connectivity index (χ1) is 17.5. The van der Waals surface area contributed by atoms with Gasteiger partial charge in [-0.2, -0.15) is 5.26 Å². The molecule has 1 aliphatic carbocycles. The number of carbonyl (C=O) groups excluding carboxylic acids is 1. The van der Waals surface area contributed by atoms with Gasteiger partial charge in [-0.3, -0.25) is 9.36 Å². The third kappa shape index (κ3) is 5.50. The van der Waals surface area contributed by atoms with Crippen molar-refractivity contribution in [3.05, 3.63) is 52.9 Å². The number of anilines is 2. The van der Waals surface area contributed by atoms with Gasteiger partial charge in [-0.25, -0.2) is 0 Å². The Kier molecular flexibility index (Phi) is 8.49. The fourth-order valence-corrected chi connectivity index (χ4v) is 6.69. The van der Waals surface area contributed by atoms with Crippen LogP contribution in [-0.4, -0.2) is 39.5 Å². The molecule has 0 saturated heterocycles. The topological polar surface area (TPSA) is 86.8 Å². The molecule has 3 aromatic rings. The molecule has 1 amide bonds. The Labute approximate surface area is 221 Å². The van der Waals surface area contributed by atoms with Gasteiger partial charge in [0, 0.05) is 35.8 Å². The van der Waals surface area contributed by atoms with E-state index in [0.29, 0.717) is 28.2 Å². The number of thioether (sulfide) groups is 1. The SMILES string of the molecule is C=CCn1c(SCC(=O)Nc2sc3c(c2C#N)CCC(C)C3)nnc1-c1ccc(N(CC)CC)cc1. The summed E-state index contributed by atoms with van der Waals surface area (Å²) in [6.45, 7) is 12.8. The van der Waals surface area contributed by atoms with Gasteiger partial charge in [0.1, 0.15) is 11.1 Å². The number of nitriles is 1. The largest absolute Gasteiger partial charge is 0.372 e. The van der Waals surface area contributed by atoms with Crippen molar-refractivity contribution >= 4 is 39.7 Å². The highest BCUT2D eigenvalue weighted by atomic mass is 32.2. The van der Waals surface area contributed by atoms with Crippen LogP contribution in [0.3, 0.4) is 0 Å². The van der Waals surface area contributed by atoms with Crippen molar-refractivity contribution in [1.82, 2.24) is 14.8 Å². The minimum absolute atomic E-state index is 0.151. The maximum atomic E-state index is 12.8. The van der Waals surface area contributed by atoms with E-state index in [1.807, 2.05) is 4.57 Å². The van der Waals surface area contributed by atoms with E-state index in [9.17, 15) is 10.1 Å². The van der Waals surface area contributed by atoms with E-state index in [2.05, 4.69) is 78.1 Å². The molecule has 0 radical (unpaired) electrons. The van der Waals surface area contributed by atoms with Crippen molar-refractivity contribution in [2.24, 2.45) is 5.92 Å². The number of hydrogen-bond donors (Lipinski definition) is 1. The van der Waals surface area contributed by atoms with E-state index >= 15 is 0 Å². The van der Waals surface area contributed by atoms with Crippen LogP contribution in [0.2, 0.25) is 0 Å². The first kappa shape index (κ1) is 26.0. The first-order valence-corrected chi connectivity index (χ1v) is 14.2. The van der Waals surface area contributed by atoms with Crippen molar-refractivity contribution < 1.29 is 4.79 Å². The Morgan fingerprint density at radius 2 is 2.08 bits per heavy atom. The zero-order valence-corrected chi connectivity index (χ0v) is 22.7. The molecule has 0 aliphatic heterocycles. The number of hydrogen-bond acceptors (Lipinski definition) is 7. The molecular weight excluding hydrogens is 488 g/mol. The Bertz CT molecular complexity index is 1270. The Morgan fingerprint density at radius 3 is 2.75 bits per heavy atom. The highest BCUT2D eigenvalue weighted by molar-refractivity contribution is 7.99. The molecule has 0 spiro atoms. The summed E-state index contributed by atoms with van der Waals surface area (Å²) in [7, 11) is 0. The number of nitrogens with one attached hydrogen (secondary N) is 1. The lowest BCUT2D eigenvalue weighted by Gasteiger charge is -2.21. The number of rotatable bonds is 10. The number of nitrogens with zero attached hydrogens (tertiary/aromatic N) is 5. The molecule has 1 aliphatic rings. The predicted molar refractivity (Wildman–Crippen MR) is 149 cm³/mol. The molecule has 2 heterocycles. The average Bonchev–Trinajstić information content (AvgIpc) is 3.44. The smallest absolute Gasteiger partial charge is 0.235 e. The summed E-state index contributed by atoms with van der Waals surface area (Å²) in [6.07, 6.45) is 4.77. The second kappa shape index (κ2) is 11.8. The van der Waals surface area contributed by atoms with E-state index in [-0.39, 0.29) is 11.7 Å². The molecule has 4 rings (SSSR count). The van der Waals surface area contributed by atoms with Gasteiger partial charge in [0.25, 0.3) is 0 Å². The van der Waals surface area contributed by atoms with Crippen LogP contribution in [0.15, 0.2) is 42.1 Å². The minimum atomic E-state index is -0.151. The number of carbonyl (C=O) groups is 1. The Morgan fingerprint density at radius 1 is 1.33 bits per heavy atom. The number of aromatic nitrogens is 3. The second-order valence-corrected chi connectivity index (χ2v) is 11.0. The van der Waals surface area contributed by atoms with Crippen molar-refractivity contribution in [3.8, 4) is 17.5 Å². The van der Waals surface area contributed by atoms with E-state index in [1.54, 1.807) is 17.4 Å². The van der Waals surface area contributed by atoms with Gasteiger partial charge in [0.2, 0.25) is 5.91 Å². The summed E-state index contributed by atoms with van der Waals surface area (Å²) < 4.78 is 1.98. The fourth-order valence-electron chi connectivity index (χ4n) is 4.56. The van der Waals surface area contributed by atoms with Crippen molar-refractivity contribution in [3.63, 3.8) is 0 Å². The van der Waals surface area contributed by atoms with Gasteiger partial charge in [0.15, 0.2) is 11.0 Å². The monoisotopic (exact) mass is 520 g/mol. The molecular formula is C27H32N6OS2. The third-order valence-corrected chi connectivity index (χ3v) is 8.63. The average molecular weight is 521 g/mol. The molecule has 1 atom stereocenters. The van der Waals surface area contributed by atoms with Gasteiger partial charge in [0.05, 0.1) is 11.3 Å². The molecule has 7 nitrogen and oxygen atoms in total. The van der Waals surface area contributed by atoms with E-state index < -0.39 is 0 Å². The lowest BCUT2D eigenvalue weighted by Crippen LogP contribution is -2.21. The number of amides is 1. The van der Waals surface area contributed by atoms with E-state index in [1.165, 1.54) is 22.3 Å². The van der Waals surface area contributed by atoms with Crippen molar-refractivity contribution in [2.75, 3.05) is 29.1 Å². The molecule has 0 fully saturated rings. The van der Waals surface area contributed by atoms with Crippen molar-refractivity contribution in [2.45, 2.75) is 51.7 Å². The summed E-state index contributed by atoms with van der Waals surface area (Å²) >= 11 is 2.88.